The Morgan fingerprint density at radius 1 is 1.07 bits per heavy atom. The molecule has 0 bridgehead atoms. The Kier molecular flexibility index (Phi) is 7.22. The van der Waals surface area contributed by atoms with E-state index in [0.29, 0.717) is 12.8 Å². The molecule has 3 heteroatoms. The van der Waals surface area contributed by atoms with Gasteiger partial charge in [-0.2, -0.15) is 0 Å². The highest BCUT2D eigenvalue weighted by Crippen LogP contribution is 2.15. The molecule has 0 aromatic heterocycles. The highest BCUT2D eigenvalue weighted by Gasteiger charge is 2.25. The summed E-state index contributed by atoms with van der Waals surface area (Å²) in [5.74, 6) is -0.612. The molecule has 0 aromatic carbocycles. The molecule has 0 saturated heterocycles. The maximum Gasteiger partial charge on any atom is 0.143 e. The van der Waals surface area contributed by atoms with Crippen LogP contribution in [0.15, 0.2) is 0 Å². The lowest BCUT2D eigenvalue weighted by molar-refractivity contribution is -0.134. The zero-order chi connectivity index (χ0) is 11.8. The van der Waals surface area contributed by atoms with Gasteiger partial charge in [-0.1, -0.05) is 13.8 Å². The number of carbonyl (C=O) groups excluding carboxylic acids is 2. The van der Waals surface area contributed by atoms with Crippen molar-refractivity contribution >= 4 is 11.6 Å². The zero-order valence-electron chi connectivity index (χ0n) is 9.95. The average Bonchev–Trinajstić information content (AvgIpc) is 2.14. The van der Waals surface area contributed by atoms with Crippen molar-refractivity contribution in [3.05, 3.63) is 0 Å². The highest BCUT2D eigenvalue weighted by atomic mass is 16.3. The van der Waals surface area contributed by atoms with E-state index in [4.69, 9.17) is 0 Å². The molecule has 1 N–H and O–H groups in total. The molecule has 0 saturated carbocycles. The molecule has 1 atom stereocenters. The Balaban J connectivity index is 4.42. The average molecular weight is 214 g/mol. The van der Waals surface area contributed by atoms with Crippen LogP contribution in [0.25, 0.3) is 0 Å². The number of aliphatic hydroxyl groups is 1. The molecular formula is C12H22O3. The summed E-state index contributed by atoms with van der Waals surface area (Å²) in [6, 6.07) is 0. The van der Waals surface area contributed by atoms with Gasteiger partial charge in [-0.25, -0.2) is 0 Å². The summed E-state index contributed by atoms with van der Waals surface area (Å²) >= 11 is 0. The molecule has 0 heterocycles. The van der Waals surface area contributed by atoms with Gasteiger partial charge in [-0.3, -0.25) is 9.59 Å². The van der Waals surface area contributed by atoms with Gasteiger partial charge in [-0.05, 0) is 26.2 Å². The topological polar surface area (TPSA) is 54.4 Å². The quantitative estimate of drug-likeness (QED) is 0.630. The van der Waals surface area contributed by atoms with Crippen LogP contribution in [-0.2, 0) is 9.59 Å². The van der Waals surface area contributed by atoms with Crippen LogP contribution in [0.5, 0.6) is 0 Å². The number of hydrogen-bond acceptors (Lipinski definition) is 3. The number of aliphatic hydroxyl groups excluding tert-OH is 1. The third kappa shape index (κ3) is 5.67. The summed E-state index contributed by atoms with van der Waals surface area (Å²) in [4.78, 5) is 23.3. The molecule has 0 aliphatic carbocycles. The van der Waals surface area contributed by atoms with Gasteiger partial charge >= 0.3 is 0 Å². The fraction of sp³-hybridized carbons (Fsp3) is 0.833. The van der Waals surface area contributed by atoms with Gasteiger partial charge in [0.25, 0.3) is 0 Å². The van der Waals surface area contributed by atoms with E-state index in [2.05, 4.69) is 0 Å². The highest BCUT2D eigenvalue weighted by molar-refractivity contribution is 6.02. The van der Waals surface area contributed by atoms with Crippen molar-refractivity contribution in [2.24, 2.45) is 5.92 Å². The molecule has 15 heavy (non-hydrogen) atoms. The third-order valence-electron chi connectivity index (χ3n) is 2.35. The lowest BCUT2D eigenvalue weighted by Gasteiger charge is -2.15. The van der Waals surface area contributed by atoms with Crippen molar-refractivity contribution in [2.75, 3.05) is 0 Å². The first-order chi connectivity index (χ1) is 7.02. The molecule has 0 aromatic rings. The summed E-state index contributed by atoms with van der Waals surface area (Å²) in [5.41, 5.74) is 0. The van der Waals surface area contributed by atoms with Crippen molar-refractivity contribution in [1.82, 2.24) is 0 Å². The minimum absolute atomic E-state index is 0.0168. The second-order valence-corrected chi connectivity index (χ2v) is 4.07. The summed E-state index contributed by atoms with van der Waals surface area (Å²) in [5, 5.41) is 9.25. The maximum atomic E-state index is 11.7. The van der Waals surface area contributed by atoms with Crippen molar-refractivity contribution in [2.45, 2.75) is 59.0 Å². The van der Waals surface area contributed by atoms with Crippen LogP contribution >= 0.6 is 0 Å². The van der Waals surface area contributed by atoms with Crippen LogP contribution < -0.4 is 0 Å². The minimum atomic E-state index is -0.586. The van der Waals surface area contributed by atoms with Crippen LogP contribution in [0.3, 0.4) is 0 Å². The Labute approximate surface area is 91.9 Å². The molecule has 88 valence electrons. The molecule has 0 spiro atoms. The van der Waals surface area contributed by atoms with Gasteiger partial charge in [0, 0.05) is 12.8 Å². The fourth-order valence-corrected chi connectivity index (χ4v) is 1.62. The number of Topliss-reactive ketones (excluding diaryl/α,β-unsaturated/α-hetero) is 2. The largest absolute Gasteiger partial charge is 0.393 e. The fourth-order valence-electron chi connectivity index (χ4n) is 1.62. The van der Waals surface area contributed by atoms with Gasteiger partial charge < -0.3 is 5.11 Å². The Bertz CT molecular complexity index is 191. The van der Waals surface area contributed by atoms with Crippen LogP contribution in [-0.4, -0.2) is 22.8 Å². The predicted octanol–water partition coefficient (Wildman–Crippen LogP) is 2.11. The van der Waals surface area contributed by atoms with Crippen LogP contribution in [0.1, 0.15) is 52.9 Å². The molecule has 0 aliphatic rings. The molecule has 0 rings (SSSR count). The molecule has 0 radical (unpaired) electrons. The first-order valence-electron chi connectivity index (χ1n) is 5.76. The number of carbonyl (C=O) groups is 2. The van der Waals surface area contributed by atoms with Gasteiger partial charge in [0.15, 0.2) is 0 Å². The minimum Gasteiger partial charge on any atom is -0.393 e. The van der Waals surface area contributed by atoms with Crippen molar-refractivity contribution in [3.8, 4) is 0 Å². The van der Waals surface area contributed by atoms with E-state index < -0.39 is 12.0 Å². The van der Waals surface area contributed by atoms with E-state index in [0.717, 1.165) is 12.8 Å². The van der Waals surface area contributed by atoms with Gasteiger partial charge in [-0.15, -0.1) is 0 Å². The van der Waals surface area contributed by atoms with Crippen LogP contribution in [0, 0.1) is 5.92 Å². The number of hydrogen-bond donors (Lipinski definition) is 1. The second-order valence-electron chi connectivity index (χ2n) is 4.07. The smallest absolute Gasteiger partial charge is 0.143 e. The predicted molar refractivity (Wildman–Crippen MR) is 59.6 cm³/mol. The van der Waals surface area contributed by atoms with E-state index in [1.54, 1.807) is 6.92 Å². The Morgan fingerprint density at radius 2 is 1.47 bits per heavy atom. The van der Waals surface area contributed by atoms with Crippen molar-refractivity contribution < 1.29 is 14.7 Å². The summed E-state index contributed by atoms with van der Waals surface area (Å²) < 4.78 is 0. The standard InChI is InChI=1S/C12H22O3/c1-4-6-11(14)10(8-9(3)13)12(15)7-5-2/h9-10,13H,4-8H2,1-3H3. The van der Waals surface area contributed by atoms with Crippen molar-refractivity contribution in [3.63, 3.8) is 0 Å². The Hall–Kier alpha value is -0.700. The SMILES string of the molecule is CCCC(=O)C(CC(C)O)C(=O)CCC. The van der Waals surface area contributed by atoms with Gasteiger partial charge in [0.2, 0.25) is 0 Å². The number of rotatable bonds is 8. The van der Waals surface area contributed by atoms with E-state index in [9.17, 15) is 14.7 Å². The van der Waals surface area contributed by atoms with E-state index in [1.165, 1.54) is 0 Å². The normalized spacial score (nSPS) is 12.9. The van der Waals surface area contributed by atoms with Gasteiger partial charge in [0.1, 0.15) is 11.6 Å². The Morgan fingerprint density at radius 3 is 1.73 bits per heavy atom. The first kappa shape index (κ1) is 14.3. The summed E-state index contributed by atoms with van der Waals surface area (Å²) in [7, 11) is 0. The number of ketones is 2. The van der Waals surface area contributed by atoms with Crippen LogP contribution in [0.2, 0.25) is 0 Å². The van der Waals surface area contributed by atoms with Crippen LogP contribution in [0.4, 0.5) is 0 Å². The van der Waals surface area contributed by atoms with E-state index in [-0.39, 0.29) is 18.0 Å². The third-order valence-corrected chi connectivity index (χ3v) is 2.35. The molecular weight excluding hydrogens is 192 g/mol. The second kappa shape index (κ2) is 7.57. The molecule has 0 amide bonds. The van der Waals surface area contributed by atoms with Crippen molar-refractivity contribution in [1.29, 1.82) is 0 Å². The summed E-state index contributed by atoms with van der Waals surface area (Å²) in [6.07, 6.45) is 2.08. The molecule has 0 aliphatic heterocycles. The zero-order valence-corrected chi connectivity index (χ0v) is 9.95. The lowest BCUT2D eigenvalue weighted by atomic mass is 9.89. The first-order valence-corrected chi connectivity index (χ1v) is 5.76. The lowest BCUT2D eigenvalue weighted by Crippen LogP contribution is -2.27. The molecule has 1 unspecified atom stereocenters. The molecule has 0 fully saturated rings. The molecule has 3 nitrogen and oxygen atoms in total. The van der Waals surface area contributed by atoms with E-state index in [1.807, 2.05) is 13.8 Å². The van der Waals surface area contributed by atoms with Gasteiger partial charge in [0.05, 0.1) is 12.0 Å². The monoisotopic (exact) mass is 214 g/mol. The summed E-state index contributed by atoms with van der Waals surface area (Å²) in [6.45, 7) is 5.45. The van der Waals surface area contributed by atoms with E-state index >= 15 is 0 Å². The maximum absolute atomic E-state index is 11.7.